The first kappa shape index (κ1) is 16.5. The van der Waals surface area contributed by atoms with Crippen molar-refractivity contribution in [3.8, 4) is 0 Å². The molecule has 1 aromatic rings. The molecule has 4 nitrogen and oxygen atoms in total. The Morgan fingerprint density at radius 3 is 2.65 bits per heavy atom. The fourth-order valence-electron chi connectivity index (χ4n) is 5.58. The molecular formula is C22H27NO3. The predicted molar refractivity (Wildman–Crippen MR) is 99.1 cm³/mol. The third-order valence-electron chi connectivity index (χ3n) is 7.12. The number of aliphatic hydroxyl groups is 1. The van der Waals surface area contributed by atoms with Crippen LogP contribution in [-0.4, -0.2) is 28.8 Å². The van der Waals surface area contributed by atoms with E-state index < -0.39 is 12.1 Å². The molecule has 5 unspecified atom stereocenters. The molecule has 5 atom stereocenters. The first-order chi connectivity index (χ1) is 12.6. The van der Waals surface area contributed by atoms with Crippen LogP contribution in [0.5, 0.6) is 0 Å². The number of hydrogen-bond acceptors (Lipinski definition) is 3. The van der Waals surface area contributed by atoms with Gasteiger partial charge in [0.25, 0.3) is 0 Å². The van der Waals surface area contributed by atoms with E-state index in [2.05, 4.69) is 17.4 Å². The van der Waals surface area contributed by atoms with Crippen LogP contribution < -0.4 is 5.32 Å². The van der Waals surface area contributed by atoms with Gasteiger partial charge in [-0.15, -0.1) is 0 Å². The normalized spacial score (nSPS) is 36.2. The highest BCUT2D eigenvalue weighted by molar-refractivity contribution is 5.89. The lowest BCUT2D eigenvalue weighted by atomic mass is 9.78. The Morgan fingerprint density at radius 2 is 1.92 bits per heavy atom. The number of carbonyl (C=O) groups is 1. The molecule has 1 heterocycles. The van der Waals surface area contributed by atoms with Crippen molar-refractivity contribution in [1.29, 1.82) is 0 Å². The average molecular weight is 353 g/mol. The molecule has 26 heavy (non-hydrogen) atoms. The summed E-state index contributed by atoms with van der Waals surface area (Å²) in [5.41, 5.74) is 3.51. The van der Waals surface area contributed by atoms with Crippen molar-refractivity contribution in [2.75, 3.05) is 6.54 Å². The summed E-state index contributed by atoms with van der Waals surface area (Å²) in [6.45, 7) is 1.15. The van der Waals surface area contributed by atoms with Gasteiger partial charge < -0.3 is 15.5 Å². The van der Waals surface area contributed by atoms with Crippen molar-refractivity contribution >= 4 is 5.97 Å². The Kier molecular flexibility index (Phi) is 3.94. The van der Waals surface area contributed by atoms with Crippen molar-refractivity contribution in [3.63, 3.8) is 0 Å². The van der Waals surface area contributed by atoms with E-state index in [4.69, 9.17) is 0 Å². The summed E-state index contributed by atoms with van der Waals surface area (Å²) in [6.07, 6.45) is 8.23. The van der Waals surface area contributed by atoms with Crippen LogP contribution in [0.15, 0.2) is 29.8 Å². The quantitative estimate of drug-likeness (QED) is 0.778. The number of piperidine rings is 1. The SMILES string of the molecule is O=C(O)C1=CC(C2CC2)c2cc(C3CC4CCCNC4C3)ccc2C1O. The number of fused-ring (bicyclic) bond motifs is 2. The highest BCUT2D eigenvalue weighted by Crippen LogP contribution is 2.50. The second kappa shape index (κ2) is 6.21. The summed E-state index contributed by atoms with van der Waals surface area (Å²) in [4.78, 5) is 11.5. The van der Waals surface area contributed by atoms with Crippen LogP contribution in [0.1, 0.15) is 73.2 Å². The molecule has 3 aliphatic carbocycles. The van der Waals surface area contributed by atoms with Crippen LogP contribution in [-0.2, 0) is 4.79 Å². The van der Waals surface area contributed by atoms with Crippen LogP contribution in [0.25, 0.3) is 0 Å². The standard InChI is InChI=1S/C22H27NO3/c24-21-16-6-5-13(15-8-14-2-1-7-23-20(14)10-15)9-18(16)17(12-3-4-12)11-19(21)22(25)26/h5-6,9,11-12,14-15,17,20-21,23-24H,1-4,7-8,10H2,(H,25,26). The maximum absolute atomic E-state index is 11.5. The zero-order valence-electron chi connectivity index (χ0n) is 15.0. The Hall–Kier alpha value is -1.65. The van der Waals surface area contributed by atoms with E-state index in [1.165, 1.54) is 36.8 Å². The van der Waals surface area contributed by atoms with Gasteiger partial charge in [-0.2, -0.15) is 0 Å². The molecule has 138 valence electrons. The summed E-state index contributed by atoms with van der Waals surface area (Å²) >= 11 is 0. The minimum absolute atomic E-state index is 0.151. The molecule has 0 bridgehead atoms. The fourth-order valence-corrected chi connectivity index (χ4v) is 5.58. The molecule has 3 N–H and O–H groups in total. The summed E-state index contributed by atoms with van der Waals surface area (Å²) in [5, 5.41) is 23.7. The number of hydrogen-bond donors (Lipinski definition) is 3. The lowest BCUT2D eigenvalue weighted by Crippen LogP contribution is -2.37. The molecule has 2 saturated carbocycles. The maximum Gasteiger partial charge on any atom is 0.334 e. The summed E-state index contributed by atoms with van der Waals surface area (Å²) in [7, 11) is 0. The van der Waals surface area contributed by atoms with Crippen molar-refractivity contribution in [3.05, 3.63) is 46.5 Å². The van der Waals surface area contributed by atoms with E-state index >= 15 is 0 Å². The predicted octanol–water partition coefficient (Wildman–Crippen LogP) is 3.48. The van der Waals surface area contributed by atoms with Gasteiger partial charge in [-0.3, -0.25) is 0 Å². The zero-order valence-corrected chi connectivity index (χ0v) is 15.0. The molecule has 4 heteroatoms. The van der Waals surface area contributed by atoms with E-state index in [0.29, 0.717) is 17.9 Å². The van der Waals surface area contributed by atoms with Gasteiger partial charge in [0.05, 0.1) is 5.57 Å². The van der Waals surface area contributed by atoms with Crippen molar-refractivity contribution in [2.45, 2.75) is 62.5 Å². The third kappa shape index (κ3) is 2.71. The molecule has 0 aromatic heterocycles. The monoisotopic (exact) mass is 353 g/mol. The number of benzene rings is 1. The molecule has 0 radical (unpaired) electrons. The molecule has 5 rings (SSSR count). The van der Waals surface area contributed by atoms with Crippen LogP contribution >= 0.6 is 0 Å². The van der Waals surface area contributed by atoms with Crippen molar-refractivity contribution in [1.82, 2.24) is 5.32 Å². The van der Waals surface area contributed by atoms with Crippen molar-refractivity contribution in [2.24, 2.45) is 11.8 Å². The summed E-state index contributed by atoms with van der Waals surface area (Å²) in [5.74, 6) is 1.08. The number of allylic oxidation sites excluding steroid dienone is 1. The van der Waals surface area contributed by atoms with Crippen LogP contribution in [0.3, 0.4) is 0 Å². The van der Waals surface area contributed by atoms with Gasteiger partial charge in [-0.25, -0.2) is 4.79 Å². The minimum atomic E-state index is -1.00. The molecular weight excluding hydrogens is 326 g/mol. The van der Waals surface area contributed by atoms with Gasteiger partial charge in [0.2, 0.25) is 0 Å². The van der Waals surface area contributed by atoms with Crippen molar-refractivity contribution < 1.29 is 15.0 Å². The number of nitrogens with one attached hydrogen (secondary N) is 1. The molecule has 0 amide bonds. The second-order valence-electron chi connectivity index (χ2n) is 8.71. The molecule has 1 aliphatic heterocycles. The van der Waals surface area contributed by atoms with Gasteiger partial charge >= 0.3 is 5.97 Å². The van der Waals surface area contributed by atoms with E-state index in [1.54, 1.807) is 0 Å². The smallest absolute Gasteiger partial charge is 0.334 e. The zero-order chi connectivity index (χ0) is 17.8. The minimum Gasteiger partial charge on any atom is -0.478 e. The average Bonchev–Trinajstić information content (AvgIpc) is 3.39. The first-order valence-electron chi connectivity index (χ1n) is 10.1. The molecule has 1 saturated heterocycles. The Bertz CT molecular complexity index is 753. The molecule has 3 fully saturated rings. The second-order valence-corrected chi connectivity index (χ2v) is 8.71. The number of aliphatic carboxylic acids is 1. The van der Waals surface area contributed by atoms with Gasteiger partial charge in [-0.1, -0.05) is 24.3 Å². The van der Waals surface area contributed by atoms with E-state index in [1.807, 2.05) is 12.1 Å². The summed E-state index contributed by atoms with van der Waals surface area (Å²) in [6, 6.07) is 7.08. The first-order valence-corrected chi connectivity index (χ1v) is 10.1. The Balaban J connectivity index is 1.48. The van der Waals surface area contributed by atoms with Gasteiger partial charge in [0.1, 0.15) is 6.10 Å². The van der Waals surface area contributed by atoms with E-state index in [0.717, 1.165) is 30.9 Å². The third-order valence-corrected chi connectivity index (χ3v) is 7.12. The van der Waals surface area contributed by atoms with Crippen LogP contribution in [0.2, 0.25) is 0 Å². The number of carboxylic acid groups (broad SMARTS) is 1. The maximum atomic E-state index is 11.5. The highest BCUT2D eigenvalue weighted by atomic mass is 16.4. The fraction of sp³-hybridized carbons (Fsp3) is 0.591. The van der Waals surface area contributed by atoms with Gasteiger partial charge in [0.15, 0.2) is 0 Å². The summed E-state index contributed by atoms with van der Waals surface area (Å²) < 4.78 is 0. The number of aliphatic hydroxyl groups excluding tert-OH is 1. The van der Waals surface area contributed by atoms with Crippen LogP contribution in [0, 0.1) is 11.8 Å². The molecule has 0 spiro atoms. The topological polar surface area (TPSA) is 69.6 Å². The van der Waals surface area contributed by atoms with E-state index in [9.17, 15) is 15.0 Å². The number of rotatable bonds is 3. The molecule has 1 aromatic carbocycles. The lowest BCUT2D eigenvalue weighted by molar-refractivity contribution is -0.133. The van der Waals surface area contributed by atoms with E-state index in [-0.39, 0.29) is 11.5 Å². The van der Waals surface area contributed by atoms with Crippen LogP contribution in [0.4, 0.5) is 0 Å². The van der Waals surface area contributed by atoms with Gasteiger partial charge in [-0.05, 0) is 79.5 Å². The highest BCUT2D eigenvalue weighted by Gasteiger charge is 2.40. The number of carboxylic acids is 1. The Morgan fingerprint density at radius 1 is 1.08 bits per heavy atom. The Labute approximate surface area is 154 Å². The lowest BCUT2D eigenvalue weighted by Gasteiger charge is -2.28. The van der Waals surface area contributed by atoms with Gasteiger partial charge in [0, 0.05) is 12.0 Å². The largest absolute Gasteiger partial charge is 0.478 e. The molecule has 4 aliphatic rings.